The van der Waals surface area contributed by atoms with Crippen molar-refractivity contribution >= 4 is 86.3 Å². The molecule has 0 amide bonds. The molecule has 14 rings (SSSR count). The van der Waals surface area contributed by atoms with Crippen LogP contribution in [0.1, 0.15) is 0 Å². The SMILES string of the molecule is c1cc(-c2ccc(-c3cc(-c4cc5ccccc5c5ccccc45)nc(-c4cc5ccccc5c5ccccc45)n3)cc2)cc(-c2nc3ccccc3c3c4ccccc4c4ccccc4c23)c1. The van der Waals surface area contributed by atoms with Crippen molar-refractivity contribution in [2.75, 3.05) is 0 Å². The number of nitrogens with zero attached hydrogens (tertiary/aromatic N) is 3. The van der Waals surface area contributed by atoms with Gasteiger partial charge in [0.15, 0.2) is 5.82 Å². The number of para-hydroxylation sites is 1. The zero-order valence-electron chi connectivity index (χ0n) is 36.9. The lowest BCUT2D eigenvalue weighted by atomic mass is 9.89. The average Bonchev–Trinajstić information content (AvgIpc) is 3.42. The van der Waals surface area contributed by atoms with Gasteiger partial charge >= 0.3 is 0 Å². The highest BCUT2D eigenvalue weighted by Crippen LogP contribution is 2.44. The molecule has 3 heteroatoms. The smallest absolute Gasteiger partial charge is 0.161 e. The summed E-state index contributed by atoms with van der Waals surface area (Å²) >= 11 is 0. The van der Waals surface area contributed by atoms with E-state index < -0.39 is 0 Å². The van der Waals surface area contributed by atoms with Gasteiger partial charge in [-0.15, -0.1) is 0 Å². The molecule has 0 spiro atoms. The maximum Gasteiger partial charge on any atom is 0.161 e. The standard InChI is InChI=1S/C65H39N3/c1-3-20-46-43(16-1)37-57(52-26-7-5-22-48(46)52)61-39-60(67-65(68-61)58-38-44-17-2-4-21-47(44)49-23-6-8-27-53(49)58)41-34-32-40(33-35-41)42-18-15-19-45(36-42)64-63-55-29-12-10-25-51(55)50-24-9-11-28-54(50)62(63)56-30-13-14-31-59(56)66-64/h1-39H. The van der Waals surface area contributed by atoms with E-state index in [4.69, 9.17) is 15.0 Å². The molecule has 2 aromatic heterocycles. The van der Waals surface area contributed by atoms with E-state index in [-0.39, 0.29) is 0 Å². The Morgan fingerprint density at radius 1 is 0.235 bits per heavy atom. The maximum atomic E-state index is 5.48. The van der Waals surface area contributed by atoms with E-state index in [1.165, 1.54) is 64.6 Å². The van der Waals surface area contributed by atoms with Gasteiger partial charge in [-0.2, -0.15) is 0 Å². The zero-order valence-corrected chi connectivity index (χ0v) is 36.9. The number of rotatable bonds is 5. The van der Waals surface area contributed by atoms with Gasteiger partial charge in [0.1, 0.15) is 0 Å². The van der Waals surface area contributed by atoms with Crippen LogP contribution in [0.25, 0.3) is 143 Å². The van der Waals surface area contributed by atoms with Crippen molar-refractivity contribution in [3.63, 3.8) is 0 Å². The molecule has 0 saturated carbocycles. The molecule has 0 atom stereocenters. The van der Waals surface area contributed by atoms with Crippen molar-refractivity contribution in [2.45, 2.75) is 0 Å². The van der Waals surface area contributed by atoms with Crippen LogP contribution in [0.15, 0.2) is 237 Å². The fourth-order valence-corrected chi connectivity index (χ4v) is 10.9. The molecule has 3 nitrogen and oxygen atoms in total. The molecule has 2 heterocycles. The van der Waals surface area contributed by atoms with Gasteiger partial charge in [0.25, 0.3) is 0 Å². The fourth-order valence-electron chi connectivity index (χ4n) is 10.9. The van der Waals surface area contributed by atoms with Crippen molar-refractivity contribution in [3.05, 3.63) is 237 Å². The minimum absolute atomic E-state index is 0.698. The van der Waals surface area contributed by atoms with Gasteiger partial charge in [0.2, 0.25) is 0 Å². The van der Waals surface area contributed by atoms with Gasteiger partial charge in [0, 0.05) is 38.4 Å². The van der Waals surface area contributed by atoms with E-state index in [0.717, 1.165) is 72.1 Å². The molecule has 0 unspecified atom stereocenters. The van der Waals surface area contributed by atoms with Crippen LogP contribution in [0.2, 0.25) is 0 Å². The summed E-state index contributed by atoms with van der Waals surface area (Å²) in [4.78, 5) is 16.4. The third kappa shape index (κ3) is 6.03. The minimum Gasteiger partial charge on any atom is -0.247 e. The Morgan fingerprint density at radius 2 is 0.691 bits per heavy atom. The van der Waals surface area contributed by atoms with Crippen molar-refractivity contribution in [3.8, 4) is 56.3 Å². The number of hydrogen-bond acceptors (Lipinski definition) is 3. The van der Waals surface area contributed by atoms with E-state index in [1.54, 1.807) is 0 Å². The van der Waals surface area contributed by atoms with Gasteiger partial charge in [-0.05, 0) is 106 Å². The summed E-state index contributed by atoms with van der Waals surface area (Å²) in [6.45, 7) is 0. The minimum atomic E-state index is 0.698. The Labute approximate surface area is 392 Å². The molecule has 314 valence electrons. The molecular formula is C65H39N3. The van der Waals surface area contributed by atoms with Crippen molar-refractivity contribution in [1.82, 2.24) is 15.0 Å². The summed E-state index contributed by atoms with van der Waals surface area (Å²) in [6, 6.07) is 85.1. The second kappa shape index (κ2) is 15.3. The van der Waals surface area contributed by atoms with E-state index in [9.17, 15) is 0 Å². The van der Waals surface area contributed by atoms with Crippen LogP contribution >= 0.6 is 0 Å². The molecule has 0 aliphatic carbocycles. The largest absolute Gasteiger partial charge is 0.247 e. The summed E-state index contributed by atoms with van der Waals surface area (Å²) < 4.78 is 0. The van der Waals surface area contributed by atoms with Gasteiger partial charge in [-0.3, -0.25) is 0 Å². The first-order valence-electron chi connectivity index (χ1n) is 23.3. The van der Waals surface area contributed by atoms with Gasteiger partial charge in [0.05, 0.1) is 22.6 Å². The summed E-state index contributed by atoms with van der Waals surface area (Å²) in [5.74, 6) is 0.698. The van der Waals surface area contributed by atoms with Gasteiger partial charge < -0.3 is 0 Å². The lowest BCUT2D eigenvalue weighted by Gasteiger charge is -2.16. The molecule has 0 aliphatic heterocycles. The molecule has 0 radical (unpaired) electrons. The summed E-state index contributed by atoms with van der Waals surface area (Å²) in [5.41, 5.74) is 10.2. The number of benzene rings is 12. The molecule has 0 N–H and O–H groups in total. The van der Waals surface area contributed by atoms with E-state index in [1.807, 2.05) is 0 Å². The predicted molar refractivity (Wildman–Crippen MR) is 287 cm³/mol. The van der Waals surface area contributed by atoms with Crippen molar-refractivity contribution < 1.29 is 0 Å². The van der Waals surface area contributed by atoms with E-state index in [2.05, 4.69) is 237 Å². The first-order chi connectivity index (χ1) is 33.7. The Balaban J connectivity index is 0.940. The Kier molecular flexibility index (Phi) is 8.59. The summed E-state index contributed by atoms with van der Waals surface area (Å²) in [6.07, 6.45) is 0. The van der Waals surface area contributed by atoms with Crippen LogP contribution in [0, 0.1) is 0 Å². The summed E-state index contributed by atoms with van der Waals surface area (Å²) in [5, 5.41) is 18.0. The molecule has 0 aliphatic rings. The molecule has 0 saturated heterocycles. The number of pyridine rings is 1. The average molecular weight is 862 g/mol. The third-order valence-corrected chi connectivity index (χ3v) is 14.0. The molecule has 14 aromatic rings. The molecule has 12 aromatic carbocycles. The first-order valence-corrected chi connectivity index (χ1v) is 23.3. The van der Waals surface area contributed by atoms with E-state index >= 15 is 0 Å². The molecule has 0 bridgehead atoms. The number of hydrogen-bond donors (Lipinski definition) is 0. The Bertz CT molecular complexity index is 4240. The van der Waals surface area contributed by atoms with Gasteiger partial charge in [-0.25, -0.2) is 15.0 Å². The Hall–Kier alpha value is -9.05. The number of aromatic nitrogens is 3. The predicted octanol–water partition coefficient (Wildman–Crippen LogP) is 17.4. The van der Waals surface area contributed by atoms with Crippen LogP contribution in [-0.2, 0) is 0 Å². The highest BCUT2D eigenvalue weighted by molar-refractivity contribution is 6.33. The fraction of sp³-hybridized carbons (Fsp3) is 0. The van der Waals surface area contributed by atoms with Crippen LogP contribution in [0.3, 0.4) is 0 Å². The van der Waals surface area contributed by atoms with Crippen molar-refractivity contribution in [2.24, 2.45) is 0 Å². The van der Waals surface area contributed by atoms with E-state index in [0.29, 0.717) is 5.82 Å². The highest BCUT2D eigenvalue weighted by Gasteiger charge is 2.20. The Morgan fingerprint density at radius 3 is 1.34 bits per heavy atom. The van der Waals surface area contributed by atoms with Crippen LogP contribution in [-0.4, -0.2) is 15.0 Å². The van der Waals surface area contributed by atoms with Crippen LogP contribution in [0.5, 0.6) is 0 Å². The van der Waals surface area contributed by atoms with Crippen molar-refractivity contribution in [1.29, 1.82) is 0 Å². The second-order valence-electron chi connectivity index (χ2n) is 17.8. The second-order valence-corrected chi connectivity index (χ2v) is 17.8. The molecule has 0 fully saturated rings. The quantitative estimate of drug-likeness (QED) is 0.162. The molecule has 68 heavy (non-hydrogen) atoms. The lowest BCUT2D eigenvalue weighted by Crippen LogP contribution is -1.98. The maximum absolute atomic E-state index is 5.48. The molecular weight excluding hydrogens is 823 g/mol. The first kappa shape index (κ1) is 38.2. The van der Waals surface area contributed by atoms with Gasteiger partial charge in [-0.1, -0.05) is 206 Å². The highest BCUT2D eigenvalue weighted by atomic mass is 14.9. The van der Waals surface area contributed by atoms with Crippen LogP contribution in [0.4, 0.5) is 0 Å². The summed E-state index contributed by atoms with van der Waals surface area (Å²) in [7, 11) is 0. The zero-order chi connectivity index (χ0) is 44.7. The van der Waals surface area contributed by atoms with Crippen LogP contribution < -0.4 is 0 Å². The monoisotopic (exact) mass is 861 g/mol. The number of fused-ring (bicyclic) bond motifs is 14. The topological polar surface area (TPSA) is 38.7 Å². The lowest BCUT2D eigenvalue weighted by molar-refractivity contribution is 1.19. The normalized spacial score (nSPS) is 11.8. The third-order valence-electron chi connectivity index (χ3n) is 14.0.